The molecule has 4 heteroatoms. The molecular weight excluding hydrogens is 326 g/mol. The minimum absolute atomic E-state index is 0.00433. The van der Waals surface area contributed by atoms with Crippen LogP contribution in [0.1, 0.15) is 26.3 Å². The third kappa shape index (κ3) is 9.97. The first-order chi connectivity index (χ1) is 12.7. The van der Waals surface area contributed by atoms with Crippen LogP contribution in [-0.4, -0.2) is 45.8 Å². The number of ether oxygens (including phenoxy) is 3. The fourth-order valence-corrected chi connectivity index (χ4v) is 2.11. The summed E-state index contributed by atoms with van der Waals surface area (Å²) in [7, 11) is 1.66. The van der Waals surface area contributed by atoms with Crippen LogP contribution in [0, 0.1) is 0 Å². The Balaban J connectivity index is 2.57. The number of rotatable bonds is 12. The molecule has 4 nitrogen and oxygen atoms in total. The highest BCUT2D eigenvalue weighted by Crippen LogP contribution is 2.15. The van der Waals surface area contributed by atoms with E-state index in [1.807, 2.05) is 63.4 Å². The van der Waals surface area contributed by atoms with E-state index in [9.17, 15) is 0 Å². The molecule has 0 bridgehead atoms. The van der Waals surface area contributed by atoms with Gasteiger partial charge in [-0.3, -0.25) is 4.99 Å². The summed E-state index contributed by atoms with van der Waals surface area (Å²) in [5, 5.41) is 0. The average Bonchev–Trinajstić information content (AvgIpc) is 2.64. The maximum Gasteiger partial charge on any atom is 0.119 e. The SMILES string of the molecule is CC=CC(C=Cc1ccc(OC(C)COCCOC)cc1)=CC=NCC. The van der Waals surface area contributed by atoms with E-state index in [-0.39, 0.29) is 6.10 Å². The Kier molecular flexibility index (Phi) is 11.8. The second-order valence-electron chi connectivity index (χ2n) is 5.71. The molecule has 0 saturated heterocycles. The molecule has 1 unspecified atom stereocenters. The van der Waals surface area contributed by atoms with Gasteiger partial charge in [-0.05, 0) is 50.1 Å². The van der Waals surface area contributed by atoms with Crippen LogP contribution in [0.3, 0.4) is 0 Å². The van der Waals surface area contributed by atoms with Crippen LogP contribution in [0.2, 0.25) is 0 Å². The zero-order chi connectivity index (χ0) is 19.0. The first-order valence-electron chi connectivity index (χ1n) is 9.03. The number of methoxy groups -OCH3 is 1. The number of hydrogen-bond acceptors (Lipinski definition) is 4. The van der Waals surface area contributed by atoms with Gasteiger partial charge in [0, 0.05) is 19.9 Å². The summed E-state index contributed by atoms with van der Waals surface area (Å²) >= 11 is 0. The molecule has 0 aliphatic rings. The summed E-state index contributed by atoms with van der Waals surface area (Å²) in [6.45, 7) is 8.53. The van der Waals surface area contributed by atoms with Gasteiger partial charge < -0.3 is 14.2 Å². The molecule has 0 fully saturated rings. The number of allylic oxidation sites excluding steroid dienone is 5. The third-order valence-corrected chi connectivity index (χ3v) is 3.38. The van der Waals surface area contributed by atoms with Crippen molar-refractivity contribution in [2.45, 2.75) is 26.9 Å². The minimum Gasteiger partial charge on any atom is -0.488 e. The van der Waals surface area contributed by atoms with E-state index in [0.29, 0.717) is 19.8 Å². The molecule has 142 valence electrons. The first-order valence-corrected chi connectivity index (χ1v) is 9.03. The quantitative estimate of drug-likeness (QED) is 0.309. The molecule has 0 heterocycles. The second-order valence-corrected chi connectivity index (χ2v) is 5.71. The number of hydrogen-bond donors (Lipinski definition) is 0. The van der Waals surface area contributed by atoms with Gasteiger partial charge in [0.15, 0.2) is 0 Å². The maximum absolute atomic E-state index is 5.85. The van der Waals surface area contributed by atoms with Gasteiger partial charge in [0.05, 0.1) is 19.8 Å². The molecule has 1 atom stereocenters. The smallest absolute Gasteiger partial charge is 0.119 e. The average molecular weight is 357 g/mol. The number of benzene rings is 1. The van der Waals surface area contributed by atoms with Crippen LogP contribution in [0.25, 0.3) is 6.08 Å². The Labute approximate surface area is 157 Å². The molecule has 0 aliphatic carbocycles. The molecule has 0 N–H and O–H groups in total. The highest BCUT2D eigenvalue weighted by atomic mass is 16.5. The van der Waals surface area contributed by atoms with Crippen LogP contribution in [0.15, 0.2) is 59.1 Å². The van der Waals surface area contributed by atoms with Crippen LogP contribution < -0.4 is 4.74 Å². The van der Waals surface area contributed by atoms with E-state index < -0.39 is 0 Å². The highest BCUT2D eigenvalue weighted by molar-refractivity contribution is 5.75. The lowest BCUT2D eigenvalue weighted by Crippen LogP contribution is -2.20. The summed E-state index contributed by atoms with van der Waals surface area (Å²) in [5.74, 6) is 0.837. The minimum atomic E-state index is -0.00433. The van der Waals surface area contributed by atoms with Crippen molar-refractivity contribution in [3.8, 4) is 5.75 Å². The molecular formula is C22H31NO3. The maximum atomic E-state index is 5.85. The predicted octanol–water partition coefficient (Wildman–Crippen LogP) is 4.72. The summed E-state index contributed by atoms with van der Waals surface area (Å²) in [5.41, 5.74) is 2.22. The van der Waals surface area contributed by atoms with Gasteiger partial charge in [-0.15, -0.1) is 0 Å². The van der Waals surface area contributed by atoms with E-state index in [4.69, 9.17) is 14.2 Å². The van der Waals surface area contributed by atoms with Crippen molar-refractivity contribution in [2.75, 3.05) is 33.5 Å². The normalized spacial score (nSPS) is 13.9. The molecule has 0 spiro atoms. The van der Waals surface area contributed by atoms with Crippen molar-refractivity contribution in [3.63, 3.8) is 0 Å². The second kappa shape index (κ2) is 14.0. The van der Waals surface area contributed by atoms with Gasteiger partial charge in [0.25, 0.3) is 0 Å². The van der Waals surface area contributed by atoms with Crippen molar-refractivity contribution in [2.24, 2.45) is 4.99 Å². The zero-order valence-corrected chi connectivity index (χ0v) is 16.4. The fraction of sp³-hybridized carbons (Fsp3) is 0.409. The Bertz CT molecular complexity index is 600. The Morgan fingerprint density at radius 3 is 2.58 bits per heavy atom. The van der Waals surface area contributed by atoms with Crippen LogP contribution in [0.5, 0.6) is 5.75 Å². The first kappa shape index (κ1) is 21.9. The fourth-order valence-electron chi connectivity index (χ4n) is 2.11. The lowest BCUT2D eigenvalue weighted by atomic mass is 10.1. The summed E-state index contributed by atoms with van der Waals surface area (Å²) < 4.78 is 16.3. The van der Waals surface area contributed by atoms with Crippen molar-refractivity contribution < 1.29 is 14.2 Å². The monoisotopic (exact) mass is 357 g/mol. The van der Waals surface area contributed by atoms with Crippen molar-refractivity contribution >= 4 is 12.3 Å². The molecule has 26 heavy (non-hydrogen) atoms. The molecule has 1 aromatic carbocycles. The molecule has 1 aromatic rings. The highest BCUT2D eigenvalue weighted by Gasteiger charge is 2.04. The standard InChI is InChI=1S/C22H31NO3/c1-5-7-20(14-15-23-6-2)8-9-21-10-12-22(13-11-21)26-19(3)18-25-17-16-24-4/h5,7-15,19H,6,16-18H2,1-4H3. The van der Waals surface area contributed by atoms with Gasteiger partial charge >= 0.3 is 0 Å². The van der Waals surface area contributed by atoms with Crippen molar-refractivity contribution in [3.05, 3.63) is 59.7 Å². The van der Waals surface area contributed by atoms with Gasteiger partial charge in [0.1, 0.15) is 11.9 Å². The zero-order valence-electron chi connectivity index (χ0n) is 16.4. The van der Waals surface area contributed by atoms with Crippen molar-refractivity contribution in [1.82, 2.24) is 0 Å². The molecule has 0 aliphatic heterocycles. The van der Waals surface area contributed by atoms with Crippen molar-refractivity contribution in [1.29, 1.82) is 0 Å². The largest absolute Gasteiger partial charge is 0.488 e. The van der Waals surface area contributed by atoms with Gasteiger partial charge in [0.2, 0.25) is 0 Å². The van der Waals surface area contributed by atoms with E-state index in [2.05, 4.69) is 23.2 Å². The summed E-state index contributed by atoms with van der Waals surface area (Å²) in [4.78, 5) is 4.22. The Morgan fingerprint density at radius 1 is 1.15 bits per heavy atom. The van der Waals surface area contributed by atoms with Gasteiger partial charge in [-0.2, -0.15) is 0 Å². The molecule has 0 radical (unpaired) electrons. The van der Waals surface area contributed by atoms with Gasteiger partial charge in [-0.1, -0.05) is 36.4 Å². The molecule has 0 aromatic heterocycles. The third-order valence-electron chi connectivity index (χ3n) is 3.38. The van der Waals surface area contributed by atoms with Crippen LogP contribution >= 0.6 is 0 Å². The lowest BCUT2D eigenvalue weighted by Gasteiger charge is -2.15. The number of aliphatic imine (C=N–C) groups is 1. The van der Waals surface area contributed by atoms with E-state index in [1.165, 1.54) is 0 Å². The van der Waals surface area contributed by atoms with E-state index in [0.717, 1.165) is 23.4 Å². The van der Waals surface area contributed by atoms with Crippen LogP contribution in [0.4, 0.5) is 0 Å². The lowest BCUT2D eigenvalue weighted by molar-refractivity contribution is 0.0286. The van der Waals surface area contributed by atoms with E-state index >= 15 is 0 Å². The summed E-state index contributed by atoms with van der Waals surface area (Å²) in [6, 6.07) is 8.03. The summed E-state index contributed by atoms with van der Waals surface area (Å²) in [6.07, 6.45) is 12.1. The molecule has 0 saturated carbocycles. The Morgan fingerprint density at radius 2 is 1.92 bits per heavy atom. The number of nitrogens with zero attached hydrogens (tertiary/aromatic N) is 1. The topological polar surface area (TPSA) is 40.0 Å². The van der Waals surface area contributed by atoms with Gasteiger partial charge in [-0.25, -0.2) is 0 Å². The van der Waals surface area contributed by atoms with Crippen LogP contribution in [-0.2, 0) is 9.47 Å². The predicted molar refractivity (Wildman–Crippen MR) is 110 cm³/mol. The Hall–Kier alpha value is -2.17. The molecule has 1 rings (SSSR count). The van der Waals surface area contributed by atoms with E-state index in [1.54, 1.807) is 7.11 Å². The molecule has 0 amide bonds.